The fraction of sp³-hybridized carbons (Fsp3) is 0.278. The maximum Gasteiger partial charge on any atom is 0.243 e. The molecule has 1 atom stereocenters. The molecule has 4 nitrogen and oxygen atoms in total. The van der Waals surface area contributed by atoms with E-state index < -0.39 is 10.0 Å². The molecule has 0 aromatic heterocycles. The Labute approximate surface area is 136 Å². The Bertz CT molecular complexity index is 815. The van der Waals surface area contributed by atoms with Crippen LogP contribution in [0.3, 0.4) is 0 Å². The third kappa shape index (κ3) is 3.07. The number of sulfonamides is 1. The minimum absolute atomic E-state index is 0.0360. The van der Waals surface area contributed by atoms with Crippen LogP contribution < -0.4 is 0 Å². The molecule has 0 N–H and O–H groups in total. The third-order valence-corrected chi connectivity index (χ3v) is 6.19. The maximum absolute atomic E-state index is 12.7. The predicted molar refractivity (Wildman–Crippen MR) is 88.8 cm³/mol. The smallest absolute Gasteiger partial charge is 0.243 e. The molecule has 1 aliphatic heterocycles. The standard InChI is InChI=1S/C18H19NO3S/c1-14-7-5-6-10-17(14)18(20)15-11-12-19(13-15)23(21,22)16-8-3-2-4-9-16/h2-10,15H,11-13H2,1H3. The number of Topliss-reactive ketones (excluding diaryl/α,β-unsaturated/α-hetero) is 1. The zero-order valence-electron chi connectivity index (χ0n) is 13.0. The van der Waals surface area contributed by atoms with Crippen LogP contribution >= 0.6 is 0 Å². The molecule has 1 unspecified atom stereocenters. The summed E-state index contributed by atoms with van der Waals surface area (Å²) in [6.45, 7) is 2.55. The topological polar surface area (TPSA) is 54.5 Å². The van der Waals surface area contributed by atoms with Gasteiger partial charge in [0.2, 0.25) is 10.0 Å². The largest absolute Gasteiger partial charge is 0.294 e. The molecule has 0 aliphatic carbocycles. The van der Waals surface area contributed by atoms with Crippen LogP contribution in [0.5, 0.6) is 0 Å². The second kappa shape index (κ2) is 6.26. The van der Waals surface area contributed by atoms with E-state index in [1.807, 2.05) is 31.2 Å². The van der Waals surface area contributed by atoms with Crippen molar-refractivity contribution in [2.24, 2.45) is 5.92 Å². The molecule has 23 heavy (non-hydrogen) atoms. The minimum atomic E-state index is -3.52. The summed E-state index contributed by atoms with van der Waals surface area (Å²) in [7, 11) is -3.52. The fourth-order valence-corrected chi connectivity index (χ4v) is 4.49. The van der Waals surface area contributed by atoms with E-state index in [4.69, 9.17) is 0 Å². The quantitative estimate of drug-likeness (QED) is 0.811. The van der Waals surface area contributed by atoms with Crippen molar-refractivity contribution in [2.45, 2.75) is 18.2 Å². The Morgan fingerprint density at radius 3 is 2.39 bits per heavy atom. The van der Waals surface area contributed by atoms with Crippen molar-refractivity contribution in [2.75, 3.05) is 13.1 Å². The number of carbonyl (C=O) groups excluding carboxylic acids is 1. The summed E-state index contributed by atoms with van der Waals surface area (Å²) in [6.07, 6.45) is 0.569. The van der Waals surface area contributed by atoms with E-state index in [1.54, 1.807) is 30.3 Å². The highest BCUT2D eigenvalue weighted by atomic mass is 32.2. The van der Waals surface area contributed by atoms with Gasteiger partial charge in [0, 0.05) is 24.6 Å². The summed E-state index contributed by atoms with van der Waals surface area (Å²) in [4.78, 5) is 12.9. The van der Waals surface area contributed by atoms with E-state index in [9.17, 15) is 13.2 Å². The zero-order valence-corrected chi connectivity index (χ0v) is 13.8. The van der Waals surface area contributed by atoms with E-state index >= 15 is 0 Å². The Balaban J connectivity index is 1.79. The van der Waals surface area contributed by atoms with Crippen molar-refractivity contribution in [3.05, 3.63) is 65.7 Å². The molecule has 0 spiro atoms. The molecule has 1 heterocycles. The number of ketones is 1. The molecule has 2 aromatic carbocycles. The van der Waals surface area contributed by atoms with E-state index in [0.29, 0.717) is 18.5 Å². The molecular weight excluding hydrogens is 310 g/mol. The number of aryl methyl sites for hydroxylation is 1. The highest BCUT2D eigenvalue weighted by molar-refractivity contribution is 7.89. The molecule has 1 aliphatic rings. The summed E-state index contributed by atoms with van der Waals surface area (Å²) < 4.78 is 26.7. The van der Waals surface area contributed by atoms with Crippen LogP contribution in [-0.2, 0) is 10.0 Å². The SMILES string of the molecule is Cc1ccccc1C(=O)C1CCN(S(=O)(=O)c2ccccc2)C1. The van der Waals surface area contributed by atoms with Crippen LogP contribution in [0.1, 0.15) is 22.3 Å². The number of nitrogens with zero attached hydrogens (tertiary/aromatic N) is 1. The number of rotatable bonds is 4. The van der Waals surface area contributed by atoms with Gasteiger partial charge >= 0.3 is 0 Å². The molecule has 2 aromatic rings. The molecule has 120 valence electrons. The van der Waals surface area contributed by atoms with E-state index in [-0.39, 0.29) is 23.1 Å². The first-order chi connectivity index (χ1) is 11.0. The van der Waals surface area contributed by atoms with Gasteiger partial charge in [0.05, 0.1) is 4.90 Å². The first-order valence-electron chi connectivity index (χ1n) is 7.65. The Morgan fingerprint density at radius 1 is 1.04 bits per heavy atom. The van der Waals surface area contributed by atoms with Crippen molar-refractivity contribution < 1.29 is 13.2 Å². The normalized spacial score (nSPS) is 18.9. The van der Waals surface area contributed by atoms with Crippen LogP contribution in [-0.4, -0.2) is 31.6 Å². The molecule has 1 fully saturated rings. The first kappa shape index (κ1) is 15.9. The molecule has 0 bridgehead atoms. The lowest BCUT2D eigenvalue weighted by Gasteiger charge is -2.16. The van der Waals surface area contributed by atoms with Crippen LogP contribution in [0.15, 0.2) is 59.5 Å². The Kier molecular flexibility index (Phi) is 4.33. The van der Waals surface area contributed by atoms with Gasteiger partial charge < -0.3 is 0 Å². The fourth-order valence-electron chi connectivity index (χ4n) is 2.97. The molecule has 3 rings (SSSR count). The molecular formula is C18H19NO3S. The van der Waals surface area contributed by atoms with Gasteiger partial charge in [0.15, 0.2) is 5.78 Å². The molecule has 0 saturated carbocycles. The molecule has 0 amide bonds. The third-order valence-electron chi connectivity index (χ3n) is 4.31. The van der Waals surface area contributed by atoms with Crippen molar-refractivity contribution in [1.29, 1.82) is 0 Å². The average Bonchev–Trinajstić information content (AvgIpc) is 3.06. The summed E-state index contributed by atoms with van der Waals surface area (Å²) in [5.41, 5.74) is 1.62. The van der Waals surface area contributed by atoms with Gasteiger partial charge in [-0.2, -0.15) is 4.31 Å². The van der Waals surface area contributed by atoms with Crippen molar-refractivity contribution in [3.8, 4) is 0 Å². The predicted octanol–water partition coefficient (Wildman–Crippen LogP) is 2.89. The lowest BCUT2D eigenvalue weighted by Crippen LogP contribution is -2.30. The van der Waals surface area contributed by atoms with Gasteiger partial charge in [-0.05, 0) is 31.0 Å². The van der Waals surface area contributed by atoms with Gasteiger partial charge in [0.25, 0.3) is 0 Å². The van der Waals surface area contributed by atoms with E-state index in [1.165, 1.54) is 4.31 Å². The molecule has 5 heteroatoms. The maximum atomic E-state index is 12.7. The van der Waals surface area contributed by atoms with Crippen molar-refractivity contribution >= 4 is 15.8 Å². The molecule has 1 saturated heterocycles. The number of carbonyl (C=O) groups is 1. The van der Waals surface area contributed by atoms with E-state index in [2.05, 4.69) is 0 Å². The monoisotopic (exact) mass is 329 g/mol. The Morgan fingerprint density at radius 2 is 1.70 bits per heavy atom. The number of benzene rings is 2. The average molecular weight is 329 g/mol. The van der Waals surface area contributed by atoms with Crippen molar-refractivity contribution in [1.82, 2.24) is 4.31 Å². The Hall–Kier alpha value is -1.98. The zero-order chi connectivity index (χ0) is 16.4. The lowest BCUT2D eigenvalue weighted by molar-refractivity contribution is 0.0927. The van der Waals surface area contributed by atoms with Gasteiger partial charge in [-0.25, -0.2) is 8.42 Å². The number of hydrogen-bond acceptors (Lipinski definition) is 3. The summed E-state index contributed by atoms with van der Waals surface area (Å²) >= 11 is 0. The lowest BCUT2D eigenvalue weighted by atomic mass is 9.94. The highest BCUT2D eigenvalue weighted by Crippen LogP contribution is 2.27. The molecule has 0 radical (unpaired) electrons. The minimum Gasteiger partial charge on any atom is -0.294 e. The van der Waals surface area contributed by atoms with Crippen LogP contribution in [0.4, 0.5) is 0 Å². The van der Waals surface area contributed by atoms with Crippen LogP contribution in [0, 0.1) is 12.8 Å². The highest BCUT2D eigenvalue weighted by Gasteiger charge is 2.36. The summed E-state index contributed by atoms with van der Waals surface area (Å²) in [5, 5.41) is 0. The van der Waals surface area contributed by atoms with Crippen LogP contribution in [0.25, 0.3) is 0 Å². The second-order valence-electron chi connectivity index (χ2n) is 5.84. The summed E-state index contributed by atoms with van der Waals surface area (Å²) in [5.74, 6) is -0.233. The number of hydrogen-bond donors (Lipinski definition) is 0. The van der Waals surface area contributed by atoms with Gasteiger partial charge in [-0.15, -0.1) is 0 Å². The van der Waals surface area contributed by atoms with Gasteiger partial charge in [0.1, 0.15) is 0 Å². The van der Waals surface area contributed by atoms with E-state index in [0.717, 1.165) is 5.56 Å². The second-order valence-corrected chi connectivity index (χ2v) is 7.78. The van der Waals surface area contributed by atoms with Gasteiger partial charge in [-0.1, -0.05) is 42.5 Å². The summed E-state index contributed by atoms with van der Waals surface area (Å²) in [6, 6.07) is 15.8. The van der Waals surface area contributed by atoms with Crippen molar-refractivity contribution in [3.63, 3.8) is 0 Å². The van der Waals surface area contributed by atoms with Crippen LogP contribution in [0.2, 0.25) is 0 Å². The van der Waals surface area contributed by atoms with Gasteiger partial charge in [-0.3, -0.25) is 4.79 Å². The first-order valence-corrected chi connectivity index (χ1v) is 9.09.